The van der Waals surface area contributed by atoms with E-state index in [0.29, 0.717) is 29.7 Å². The standard InChI is InChI=1S/C21H16N2O2S/c22-12-16-6-9-17(10-7-16)21-18(13-24)19(14-26-21)23-20(25)11-8-15-4-2-1-3-5-15/h1-7,9-10,13-14H,8,11H2,(H,23,25). The predicted octanol–water partition coefficient (Wildman–Crippen LogP) is 4.67. The smallest absolute Gasteiger partial charge is 0.224 e. The van der Waals surface area contributed by atoms with Gasteiger partial charge in [-0.3, -0.25) is 9.59 Å². The van der Waals surface area contributed by atoms with Crippen molar-refractivity contribution in [3.8, 4) is 16.5 Å². The number of aldehydes is 1. The quantitative estimate of drug-likeness (QED) is 0.649. The largest absolute Gasteiger partial charge is 0.325 e. The maximum atomic E-state index is 12.2. The van der Waals surface area contributed by atoms with Gasteiger partial charge in [-0.2, -0.15) is 5.26 Å². The lowest BCUT2D eigenvalue weighted by Crippen LogP contribution is -2.13. The third kappa shape index (κ3) is 4.05. The van der Waals surface area contributed by atoms with Gasteiger partial charge in [0.1, 0.15) is 0 Å². The number of rotatable bonds is 6. The van der Waals surface area contributed by atoms with E-state index in [2.05, 4.69) is 11.4 Å². The third-order valence-electron chi connectivity index (χ3n) is 3.98. The van der Waals surface area contributed by atoms with Crippen LogP contribution in [0.3, 0.4) is 0 Å². The first-order chi connectivity index (χ1) is 12.7. The molecular weight excluding hydrogens is 344 g/mol. The van der Waals surface area contributed by atoms with Crippen LogP contribution in [-0.4, -0.2) is 12.2 Å². The molecule has 0 aliphatic heterocycles. The van der Waals surface area contributed by atoms with Gasteiger partial charge in [0.2, 0.25) is 5.91 Å². The lowest BCUT2D eigenvalue weighted by molar-refractivity contribution is -0.116. The molecule has 0 radical (unpaired) electrons. The summed E-state index contributed by atoms with van der Waals surface area (Å²) in [6.45, 7) is 0. The molecule has 1 heterocycles. The van der Waals surface area contributed by atoms with Gasteiger partial charge in [-0.05, 0) is 29.7 Å². The van der Waals surface area contributed by atoms with Crippen LogP contribution in [-0.2, 0) is 11.2 Å². The van der Waals surface area contributed by atoms with Crippen LogP contribution >= 0.6 is 11.3 Å². The summed E-state index contributed by atoms with van der Waals surface area (Å²) in [4.78, 5) is 24.6. The Bertz CT molecular complexity index is 954. The number of amides is 1. The van der Waals surface area contributed by atoms with Crippen molar-refractivity contribution in [2.75, 3.05) is 5.32 Å². The van der Waals surface area contributed by atoms with Crippen LogP contribution in [0.1, 0.15) is 27.9 Å². The van der Waals surface area contributed by atoms with Gasteiger partial charge in [0, 0.05) is 16.7 Å². The summed E-state index contributed by atoms with van der Waals surface area (Å²) < 4.78 is 0. The average Bonchev–Trinajstić information content (AvgIpc) is 3.09. The summed E-state index contributed by atoms with van der Waals surface area (Å²) in [5.41, 5.74) is 3.50. The van der Waals surface area contributed by atoms with Crippen LogP contribution < -0.4 is 5.32 Å². The second-order valence-corrected chi connectivity index (χ2v) is 6.61. The molecule has 3 rings (SSSR count). The van der Waals surface area contributed by atoms with Crippen LogP contribution in [0.5, 0.6) is 0 Å². The zero-order chi connectivity index (χ0) is 18.4. The number of carbonyl (C=O) groups is 2. The van der Waals surface area contributed by atoms with Crippen LogP contribution in [0.4, 0.5) is 5.69 Å². The molecule has 1 amide bonds. The van der Waals surface area contributed by atoms with Crippen molar-refractivity contribution in [3.05, 3.63) is 76.7 Å². The van der Waals surface area contributed by atoms with Crippen LogP contribution in [0.2, 0.25) is 0 Å². The number of hydrogen-bond acceptors (Lipinski definition) is 4. The van der Waals surface area contributed by atoms with Crippen LogP contribution in [0, 0.1) is 11.3 Å². The summed E-state index contributed by atoms with van der Waals surface area (Å²) in [5, 5.41) is 13.5. The molecule has 128 valence electrons. The van der Waals surface area contributed by atoms with Crippen molar-refractivity contribution < 1.29 is 9.59 Å². The van der Waals surface area contributed by atoms with Gasteiger partial charge in [0.25, 0.3) is 0 Å². The fourth-order valence-electron chi connectivity index (χ4n) is 2.62. The molecule has 4 nitrogen and oxygen atoms in total. The zero-order valence-corrected chi connectivity index (χ0v) is 14.8. The molecule has 0 bridgehead atoms. The van der Waals surface area contributed by atoms with Crippen molar-refractivity contribution in [1.82, 2.24) is 0 Å². The molecule has 3 aromatic rings. The Morgan fingerprint density at radius 2 is 1.85 bits per heavy atom. The highest BCUT2D eigenvalue weighted by Gasteiger charge is 2.15. The first kappa shape index (κ1) is 17.6. The molecule has 26 heavy (non-hydrogen) atoms. The summed E-state index contributed by atoms with van der Waals surface area (Å²) >= 11 is 1.39. The minimum atomic E-state index is -0.124. The molecule has 0 aliphatic carbocycles. The highest BCUT2D eigenvalue weighted by molar-refractivity contribution is 7.14. The number of thiophene rings is 1. The number of nitrogens with zero attached hydrogens (tertiary/aromatic N) is 1. The molecular formula is C21H16N2O2S. The van der Waals surface area contributed by atoms with Crippen molar-refractivity contribution in [1.29, 1.82) is 5.26 Å². The Morgan fingerprint density at radius 1 is 1.12 bits per heavy atom. The van der Waals surface area contributed by atoms with E-state index in [4.69, 9.17) is 5.26 Å². The van der Waals surface area contributed by atoms with E-state index < -0.39 is 0 Å². The fourth-order valence-corrected chi connectivity index (χ4v) is 3.59. The van der Waals surface area contributed by atoms with E-state index in [1.807, 2.05) is 30.3 Å². The topological polar surface area (TPSA) is 70.0 Å². The lowest BCUT2D eigenvalue weighted by atomic mass is 10.1. The SMILES string of the molecule is N#Cc1ccc(-c2scc(NC(=O)CCc3ccccc3)c2C=O)cc1. The van der Waals surface area contributed by atoms with E-state index >= 15 is 0 Å². The summed E-state index contributed by atoms with van der Waals surface area (Å²) in [7, 11) is 0. The van der Waals surface area contributed by atoms with Gasteiger partial charge in [0.05, 0.1) is 22.9 Å². The predicted molar refractivity (Wildman–Crippen MR) is 103 cm³/mol. The van der Waals surface area contributed by atoms with Crippen LogP contribution in [0.25, 0.3) is 10.4 Å². The van der Waals surface area contributed by atoms with Gasteiger partial charge in [-0.15, -0.1) is 11.3 Å². The maximum absolute atomic E-state index is 12.2. The minimum Gasteiger partial charge on any atom is -0.325 e. The third-order valence-corrected chi connectivity index (χ3v) is 5.03. The maximum Gasteiger partial charge on any atom is 0.224 e. The second kappa shape index (κ2) is 8.24. The van der Waals surface area contributed by atoms with Crippen molar-refractivity contribution >= 4 is 29.2 Å². The molecule has 1 aromatic heterocycles. The molecule has 0 saturated heterocycles. The van der Waals surface area contributed by atoms with E-state index in [1.54, 1.807) is 29.6 Å². The Kier molecular flexibility index (Phi) is 5.57. The first-order valence-electron chi connectivity index (χ1n) is 8.12. The van der Waals surface area contributed by atoms with E-state index in [9.17, 15) is 9.59 Å². The number of aryl methyl sites for hydroxylation is 1. The van der Waals surface area contributed by atoms with Gasteiger partial charge < -0.3 is 5.32 Å². The van der Waals surface area contributed by atoms with Gasteiger partial charge in [0.15, 0.2) is 6.29 Å². The Labute approximate surface area is 155 Å². The molecule has 0 unspecified atom stereocenters. The second-order valence-electron chi connectivity index (χ2n) is 5.73. The lowest BCUT2D eigenvalue weighted by Gasteiger charge is -2.05. The van der Waals surface area contributed by atoms with Crippen molar-refractivity contribution in [2.45, 2.75) is 12.8 Å². The van der Waals surface area contributed by atoms with Crippen molar-refractivity contribution in [2.24, 2.45) is 0 Å². The summed E-state index contributed by atoms with van der Waals surface area (Å²) in [6.07, 6.45) is 1.76. The fraction of sp³-hybridized carbons (Fsp3) is 0.0952. The molecule has 0 fully saturated rings. The number of hydrogen-bond donors (Lipinski definition) is 1. The Balaban J connectivity index is 1.72. The molecule has 0 aliphatic rings. The minimum absolute atomic E-state index is 0.124. The summed E-state index contributed by atoms with van der Waals surface area (Å²) in [5.74, 6) is -0.124. The normalized spacial score (nSPS) is 10.1. The number of benzene rings is 2. The average molecular weight is 360 g/mol. The van der Waals surface area contributed by atoms with E-state index in [0.717, 1.165) is 22.3 Å². The Hall–Kier alpha value is -3.23. The molecule has 1 N–H and O–H groups in total. The molecule has 0 saturated carbocycles. The number of nitrogens with one attached hydrogen (secondary N) is 1. The molecule has 2 aromatic carbocycles. The van der Waals surface area contributed by atoms with Gasteiger partial charge in [-0.1, -0.05) is 42.5 Å². The summed E-state index contributed by atoms with van der Waals surface area (Å²) in [6, 6.07) is 18.9. The van der Waals surface area contributed by atoms with Gasteiger partial charge in [-0.25, -0.2) is 0 Å². The number of carbonyl (C=O) groups excluding carboxylic acids is 2. The monoisotopic (exact) mass is 360 g/mol. The van der Waals surface area contributed by atoms with Crippen molar-refractivity contribution in [3.63, 3.8) is 0 Å². The number of anilines is 1. The molecule has 0 atom stereocenters. The molecule has 5 heteroatoms. The Morgan fingerprint density at radius 3 is 2.50 bits per heavy atom. The highest BCUT2D eigenvalue weighted by Crippen LogP contribution is 2.35. The highest BCUT2D eigenvalue weighted by atomic mass is 32.1. The van der Waals surface area contributed by atoms with E-state index in [-0.39, 0.29) is 5.91 Å². The number of nitriles is 1. The van der Waals surface area contributed by atoms with Gasteiger partial charge >= 0.3 is 0 Å². The first-order valence-corrected chi connectivity index (χ1v) is 9.00. The molecule has 0 spiro atoms. The zero-order valence-electron chi connectivity index (χ0n) is 13.9. The van der Waals surface area contributed by atoms with Crippen LogP contribution in [0.15, 0.2) is 60.0 Å². The van der Waals surface area contributed by atoms with E-state index in [1.165, 1.54) is 11.3 Å².